The van der Waals surface area contributed by atoms with E-state index in [0.29, 0.717) is 0 Å². The molecule has 0 radical (unpaired) electrons. The number of halogens is 2. The molecule has 0 spiro atoms. The van der Waals surface area contributed by atoms with Gasteiger partial charge in [0.2, 0.25) is 0 Å². The molecular weight excluding hydrogens is 150 g/mol. The zero-order chi connectivity index (χ0) is 7.49. The molecule has 0 saturated carbocycles. The predicted molar refractivity (Wildman–Crippen MR) is 31.1 cm³/mol. The Balaban J connectivity index is 3.97. The summed E-state index contributed by atoms with van der Waals surface area (Å²) in [6.45, 7) is 0. The number of carbonyl (C=O) groups is 1. The minimum absolute atomic E-state index is 0.975. The minimum Gasteiger partial charge on any atom is -0.296 e. The first-order valence-electron chi connectivity index (χ1n) is 2.06. The maximum absolute atomic E-state index is 12.0. The Morgan fingerprint density at radius 3 is 2.22 bits per heavy atom. The van der Waals surface area contributed by atoms with Crippen LogP contribution in [-0.2, 0) is 4.79 Å². The third-order valence-electron chi connectivity index (χ3n) is 0.701. The Kier molecular flexibility index (Phi) is 2.86. The molecule has 54 valence electrons. The van der Waals surface area contributed by atoms with Crippen LogP contribution in [0.3, 0.4) is 0 Å². The average molecular weight is 156 g/mol. The van der Waals surface area contributed by atoms with Crippen LogP contribution in [0.4, 0.5) is 8.78 Å². The third kappa shape index (κ3) is 2.15. The number of hydrogen-bond donors (Lipinski definition) is 3. The second-order valence-corrected chi connectivity index (χ2v) is 1.49. The highest BCUT2D eigenvalue weighted by atomic mass is 32.1. The summed E-state index contributed by atoms with van der Waals surface area (Å²) in [4.78, 5) is 10.1. The SMILES string of the molecule is CNC(F)(F)C(=O)NS. The van der Waals surface area contributed by atoms with Gasteiger partial charge in [-0.25, -0.2) is 0 Å². The van der Waals surface area contributed by atoms with Crippen LogP contribution in [0.15, 0.2) is 0 Å². The first kappa shape index (κ1) is 8.64. The molecule has 0 saturated heterocycles. The van der Waals surface area contributed by atoms with Gasteiger partial charge in [-0.05, 0) is 7.05 Å². The molecule has 2 N–H and O–H groups in total. The Morgan fingerprint density at radius 2 is 2.11 bits per heavy atom. The van der Waals surface area contributed by atoms with E-state index >= 15 is 0 Å². The maximum atomic E-state index is 12.0. The molecule has 6 heteroatoms. The monoisotopic (exact) mass is 156 g/mol. The van der Waals surface area contributed by atoms with Crippen molar-refractivity contribution in [2.45, 2.75) is 6.05 Å². The van der Waals surface area contributed by atoms with Crippen LogP contribution in [-0.4, -0.2) is 19.0 Å². The third-order valence-corrected chi connectivity index (χ3v) is 0.904. The van der Waals surface area contributed by atoms with Crippen LogP contribution in [0, 0.1) is 0 Å². The summed E-state index contributed by atoms with van der Waals surface area (Å²) >= 11 is 3.14. The highest BCUT2D eigenvalue weighted by Gasteiger charge is 2.35. The van der Waals surface area contributed by atoms with Gasteiger partial charge < -0.3 is 0 Å². The van der Waals surface area contributed by atoms with Crippen LogP contribution in [0.25, 0.3) is 0 Å². The Morgan fingerprint density at radius 1 is 1.67 bits per heavy atom. The van der Waals surface area contributed by atoms with Crippen molar-refractivity contribution in [1.29, 1.82) is 0 Å². The molecule has 3 nitrogen and oxygen atoms in total. The number of alkyl halides is 2. The summed E-state index contributed by atoms with van der Waals surface area (Å²) in [6, 6.07) is -3.53. The van der Waals surface area contributed by atoms with Gasteiger partial charge in [0.05, 0.1) is 0 Å². The van der Waals surface area contributed by atoms with Crippen LogP contribution in [0.2, 0.25) is 0 Å². The normalized spacial score (nSPS) is 11.1. The standard InChI is InChI=1S/C3H6F2N2OS/c1-6-3(4,5)2(8)7-9/h6,9H,1H3,(H,7,8). The number of hydrogen-bond acceptors (Lipinski definition) is 3. The quantitative estimate of drug-likeness (QED) is 0.381. The molecule has 0 aliphatic heterocycles. The smallest absolute Gasteiger partial charge is 0.296 e. The van der Waals surface area contributed by atoms with Crippen LogP contribution in [0.5, 0.6) is 0 Å². The Bertz CT molecular complexity index is 118. The van der Waals surface area contributed by atoms with Crippen molar-refractivity contribution in [3.63, 3.8) is 0 Å². The molecule has 0 aliphatic rings. The van der Waals surface area contributed by atoms with Crippen LogP contribution >= 0.6 is 12.8 Å². The molecule has 1 amide bonds. The molecule has 0 bridgehead atoms. The van der Waals surface area contributed by atoms with E-state index in [0.717, 1.165) is 7.05 Å². The number of thiol groups is 1. The lowest BCUT2D eigenvalue weighted by molar-refractivity contribution is -0.147. The van der Waals surface area contributed by atoms with E-state index in [9.17, 15) is 13.6 Å². The highest BCUT2D eigenvalue weighted by Crippen LogP contribution is 2.06. The fraction of sp³-hybridized carbons (Fsp3) is 0.667. The summed E-state index contributed by atoms with van der Waals surface area (Å²) in [5.41, 5.74) is 0. The molecule has 0 aromatic carbocycles. The Hall–Kier alpha value is -0.360. The minimum atomic E-state index is -3.53. The zero-order valence-electron chi connectivity index (χ0n) is 4.61. The number of nitrogens with one attached hydrogen (secondary N) is 2. The molecule has 0 heterocycles. The molecule has 0 fully saturated rings. The largest absolute Gasteiger partial charge is 0.381 e. The molecular formula is C3H6F2N2OS. The fourth-order valence-corrected chi connectivity index (χ4v) is 0.324. The lowest BCUT2D eigenvalue weighted by atomic mass is 10.5. The molecule has 9 heavy (non-hydrogen) atoms. The zero-order valence-corrected chi connectivity index (χ0v) is 5.51. The molecule has 0 aromatic heterocycles. The van der Waals surface area contributed by atoms with Crippen LogP contribution in [0.1, 0.15) is 0 Å². The lowest BCUT2D eigenvalue weighted by Crippen LogP contribution is -2.46. The van der Waals surface area contributed by atoms with Gasteiger partial charge in [0.15, 0.2) is 0 Å². The predicted octanol–water partition coefficient (Wildman–Crippen LogP) is -0.240. The molecule has 0 rings (SSSR count). The Labute approximate surface area is 56.4 Å². The van der Waals surface area contributed by atoms with E-state index in [4.69, 9.17) is 0 Å². The van der Waals surface area contributed by atoms with Crippen molar-refractivity contribution >= 4 is 18.7 Å². The molecule has 0 atom stereocenters. The first-order chi connectivity index (χ1) is 4.04. The van der Waals surface area contributed by atoms with Crippen molar-refractivity contribution in [2.24, 2.45) is 0 Å². The second-order valence-electron chi connectivity index (χ2n) is 1.27. The summed E-state index contributed by atoms with van der Waals surface area (Å²) in [5.74, 6) is -1.46. The number of carbonyl (C=O) groups excluding carboxylic acids is 1. The van der Waals surface area contributed by atoms with Gasteiger partial charge in [0.1, 0.15) is 0 Å². The number of amides is 1. The van der Waals surface area contributed by atoms with E-state index in [1.54, 1.807) is 0 Å². The average Bonchev–Trinajstić information content (AvgIpc) is 1.86. The molecule has 0 aliphatic carbocycles. The van der Waals surface area contributed by atoms with Gasteiger partial charge in [-0.15, -0.1) is 0 Å². The summed E-state index contributed by atoms with van der Waals surface area (Å²) in [5, 5.41) is 1.50. The molecule has 0 unspecified atom stereocenters. The second kappa shape index (κ2) is 2.98. The van der Waals surface area contributed by atoms with Crippen molar-refractivity contribution in [2.75, 3.05) is 7.05 Å². The van der Waals surface area contributed by atoms with Gasteiger partial charge in [-0.1, -0.05) is 12.8 Å². The summed E-state index contributed by atoms with van der Waals surface area (Å²) in [7, 11) is 0.975. The number of likely N-dealkylation sites (N-methyl/N-ethyl adjacent to an activating group) is 1. The van der Waals surface area contributed by atoms with Crippen molar-refractivity contribution in [3.05, 3.63) is 0 Å². The van der Waals surface area contributed by atoms with Gasteiger partial charge in [0.25, 0.3) is 0 Å². The van der Waals surface area contributed by atoms with Gasteiger partial charge >= 0.3 is 12.0 Å². The summed E-state index contributed by atoms with van der Waals surface area (Å²) < 4.78 is 25.4. The van der Waals surface area contributed by atoms with Crippen molar-refractivity contribution < 1.29 is 13.6 Å². The first-order valence-corrected chi connectivity index (χ1v) is 2.50. The van der Waals surface area contributed by atoms with Gasteiger partial charge in [0, 0.05) is 0 Å². The van der Waals surface area contributed by atoms with E-state index in [-0.39, 0.29) is 0 Å². The van der Waals surface area contributed by atoms with E-state index in [1.807, 2.05) is 0 Å². The summed E-state index contributed by atoms with van der Waals surface area (Å²) in [6.07, 6.45) is 0. The van der Waals surface area contributed by atoms with Gasteiger partial charge in [-0.2, -0.15) is 8.78 Å². The molecule has 0 aromatic rings. The number of rotatable bonds is 2. The van der Waals surface area contributed by atoms with E-state index in [2.05, 4.69) is 12.8 Å². The maximum Gasteiger partial charge on any atom is 0.381 e. The van der Waals surface area contributed by atoms with Crippen LogP contribution < -0.4 is 10.0 Å². The van der Waals surface area contributed by atoms with Crippen molar-refractivity contribution in [3.8, 4) is 0 Å². The lowest BCUT2D eigenvalue weighted by Gasteiger charge is -2.10. The van der Waals surface area contributed by atoms with Gasteiger partial charge in [-0.3, -0.25) is 14.8 Å². The van der Waals surface area contributed by atoms with Crippen molar-refractivity contribution in [1.82, 2.24) is 10.0 Å². The highest BCUT2D eigenvalue weighted by molar-refractivity contribution is 7.78. The fourth-order valence-electron chi connectivity index (χ4n) is 0.184. The van der Waals surface area contributed by atoms with E-state index in [1.165, 1.54) is 10.0 Å². The van der Waals surface area contributed by atoms with E-state index < -0.39 is 12.0 Å². The topological polar surface area (TPSA) is 41.1 Å².